The Morgan fingerprint density at radius 3 is 2.76 bits per heavy atom. The number of fused-ring (bicyclic) bond motifs is 1. The third-order valence-corrected chi connectivity index (χ3v) is 4.73. The summed E-state index contributed by atoms with van der Waals surface area (Å²) >= 11 is 0. The number of imidazole rings is 1. The number of alkyl halides is 3. The standard InChI is InChI=1S/C20H19F3N4O2/c1-28-18-7-13(17-3-2-15(8-25-17)20(21,22)23)6-14-10-27(4-5-29-19(14)18)11-16-9-24-12-26-16/h2-3,6-9,12H,4-5,10-11H2,1H3,(H,24,26). The molecule has 0 amide bonds. The van der Waals surface area contributed by atoms with E-state index >= 15 is 0 Å². The molecule has 0 spiro atoms. The Morgan fingerprint density at radius 1 is 1.24 bits per heavy atom. The number of methoxy groups -OCH3 is 1. The summed E-state index contributed by atoms with van der Waals surface area (Å²) < 4.78 is 49.9. The summed E-state index contributed by atoms with van der Waals surface area (Å²) in [6.07, 6.45) is -0.169. The number of hydrogen-bond donors (Lipinski definition) is 1. The lowest BCUT2D eigenvalue weighted by Crippen LogP contribution is -2.25. The van der Waals surface area contributed by atoms with E-state index in [-0.39, 0.29) is 0 Å². The molecule has 1 N–H and O–H groups in total. The number of nitrogens with zero attached hydrogens (tertiary/aromatic N) is 3. The number of ether oxygens (including phenoxy) is 2. The minimum absolute atomic E-state index is 0.434. The Morgan fingerprint density at radius 2 is 2.10 bits per heavy atom. The van der Waals surface area contributed by atoms with Crippen LogP contribution in [0.4, 0.5) is 13.2 Å². The predicted molar refractivity (Wildman–Crippen MR) is 99.4 cm³/mol. The van der Waals surface area contributed by atoms with Crippen LogP contribution in [0.1, 0.15) is 16.8 Å². The maximum atomic E-state index is 12.8. The van der Waals surface area contributed by atoms with Gasteiger partial charge in [-0.15, -0.1) is 0 Å². The molecule has 152 valence electrons. The van der Waals surface area contributed by atoms with Gasteiger partial charge in [-0.3, -0.25) is 9.88 Å². The molecule has 0 bridgehead atoms. The Bertz CT molecular complexity index is 973. The molecule has 9 heteroatoms. The number of aromatic nitrogens is 3. The third kappa shape index (κ3) is 4.19. The Balaban J connectivity index is 1.66. The average Bonchev–Trinajstić information content (AvgIpc) is 3.12. The molecule has 0 atom stereocenters. The van der Waals surface area contributed by atoms with E-state index in [0.29, 0.717) is 49.0 Å². The first-order valence-corrected chi connectivity index (χ1v) is 9.01. The molecule has 29 heavy (non-hydrogen) atoms. The number of halogens is 3. The number of aromatic amines is 1. The summed E-state index contributed by atoms with van der Waals surface area (Å²) in [6, 6.07) is 6.02. The Labute approximate surface area is 165 Å². The van der Waals surface area contributed by atoms with E-state index in [4.69, 9.17) is 9.47 Å². The Hall–Kier alpha value is -3.07. The summed E-state index contributed by atoms with van der Waals surface area (Å²) in [5, 5.41) is 0. The van der Waals surface area contributed by atoms with E-state index in [1.807, 2.05) is 6.07 Å². The van der Waals surface area contributed by atoms with Gasteiger partial charge < -0.3 is 14.5 Å². The van der Waals surface area contributed by atoms with Crippen LogP contribution in [0.15, 0.2) is 43.0 Å². The fraction of sp³-hybridized carbons (Fsp3) is 0.300. The highest BCUT2D eigenvalue weighted by Gasteiger charge is 2.30. The highest BCUT2D eigenvalue weighted by Crippen LogP contribution is 2.38. The topological polar surface area (TPSA) is 63.3 Å². The zero-order valence-electron chi connectivity index (χ0n) is 15.7. The molecule has 6 nitrogen and oxygen atoms in total. The molecule has 0 aliphatic carbocycles. The molecule has 0 unspecified atom stereocenters. The summed E-state index contributed by atoms with van der Waals surface area (Å²) in [5.41, 5.74) is 2.20. The molecule has 1 aliphatic rings. The normalized spacial score (nSPS) is 14.8. The maximum Gasteiger partial charge on any atom is 0.417 e. The zero-order chi connectivity index (χ0) is 20.4. The molecule has 0 fully saturated rings. The van der Waals surface area contributed by atoms with Crippen molar-refractivity contribution in [1.82, 2.24) is 19.9 Å². The van der Waals surface area contributed by atoms with E-state index in [0.717, 1.165) is 23.5 Å². The van der Waals surface area contributed by atoms with Crippen LogP contribution in [0.25, 0.3) is 11.3 Å². The summed E-state index contributed by atoms with van der Waals surface area (Å²) in [6.45, 7) is 2.48. The second kappa shape index (κ2) is 7.75. The van der Waals surface area contributed by atoms with Crippen molar-refractivity contribution in [3.63, 3.8) is 0 Å². The van der Waals surface area contributed by atoms with Crippen molar-refractivity contribution in [3.8, 4) is 22.8 Å². The molecule has 0 saturated heterocycles. The zero-order valence-corrected chi connectivity index (χ0v) is 15.7. The quantitative estimate of drug-likeness (QED) is 0.715. The van der Waals surface area contributed by atoms with Crippen LogP contribution in [0, 0.1) is 0 Å². The molecule has 1 aromatic carbocycles. The van der Waals surface area contributed by atoms with E-state index in [1.54, 1.807) is 18.6 Å². The van der Waals surface area contributed by atoms with Crippen molar-refractivity contribution in [1.29, 1.82) is 0 Å². The molecule has 1 aliphatic heterocycles. The van der Waals surface area contributed by atoms with Crippen LogP contribution >= 0.6 is 0 Å². The van der Waals surface area contributed by atoms with E-state index in [2.05, 4.69) is 19.9 Å². The monoisotopic (exact) mass is 404 g/mol. The third-order valence-electron chi connectivity index (χ3n) is 4.73. The van der Waals surface area contributed by atoms with E-state index < -0.39 is 11.7 Å². The molecular formula is C20H19F3N4O2. The van der Waals surface area contributed by atoms with Crippen molar-refractivity contribution in [3.05, 3.63) is 59.8 Å². The predicted octanol–water partition coefficient (Wildman–Crippen LogP) is 3.89. The fourth-order valence-electron chi connectivity index (χ4n) is 3.32. The van der Waals surface area contributed by atoms with Gasteiger partial charge in [0, 0.05) is 48.8 Å². The Kier molecular flexibility index (Phi) is 5.14. The smallest absolute Gasteiger partial charge is 0.417 e. The van der Waals surface area contributed by atoms with Crippen LogP contribution in [0.2, 0.25) is 0 Å². The van der Waals surface area contributed by atoms with Crippen molar-refractivity contribution >= 4 is 0 Å². The van der Waals surface area contributed by atoms with Gasteiger partial charge in [-0.25, -0.2) is 4.98 Å². The molecular weight excluding hydrogens is 385 g/mol. The minimum Gasteiger partial charge on any atom is -0.493 e. The molecule has 3 heterocycles. The average molecular weight is 404 g/mol. The lowest BCUT2D eigenvalue weighted by molar-refractivity contribution is -0.137. The van der Waals surface area contributed by atoms with Gasteiger partial charge in [-0.05, 0) is 24.3 Å². The first-order valence-electron chi connectivity index (χ1n) is 9.01. The van der Waals surface area contributed by atoms with Gasteiger partial charge in [0.2, 0.25) is 0 Å². The molecule has 0 radical (unpaired) electrons. The molecule has 3 aromatic rings. The second-order valence-electron chi connectivity index (χ2n) is 6.73. The maximum absolute atomic E-state index is 12.8. The van der Waals surface area contributed by atoms with Gasteiger partial charge >= 0.3 is 6.18 Å². The van der Waals surface area contributed by atoms with Crippen molar-refractivity contribution in [2.45, 2.75) is 19.3 Å². The fourth-order valence-corrected chi connectivity index (χ4v) is 3.32. The molecule has 4 rings (SSSR count). The van der Waals surface area contributed by atoms with Crippen LogP contribution in [0.3, 0.4) is 0 Å². The minimum atomic E-state index is -4.42. The van der Waals surface area contributed by atoms with Crippen LogP contribution in [-0.2, 0) is 19.3 Å². The largest absolute Gasteiger partial charge is 0.493 e. The van der Waals surface area contributed by atoms with Gasteiger partial charge in [0.15, 0.2) is 11.5 Å². The number of nitrogens with one attached hydrogen (secondary N) is 1. The van der Waals surface area contributed by atoms with Gasteiger partial charge in [0.1, 0.15) is 6.61 Å². The van der Waals surface area contributed by atoms with Crippen LogP contribution in [0.5, 0.6) is 11.5 Å². The van der Waals surface area contributed by atoms with Crippen LogP contribution < -0.4 is 9.47 Å². The van der Waals surface area contributed by atoms with Crippen molar-refractivity contribution < 1.29 is 22.6 Å². The van der Waals surface area contributed by atoms with Crippen LogP contribution in [-0.4, -0.2) is 40.1 Å². The first-order chi connectivity index (χ1) is 13.9. The summed E-state index contributed by atoms with van der Waals surface area (Å²) in [4.78, 5) is 13.3. The van der Waals surface area contributed by atoms with E-state index in [9.17, 15) is 13.2 Å². The summed E-state index contributed by atoms with van der Waals surface area (Å²) in [5.74, 6) is 1.18. The number of pyridine rings is 1. The number of H-pyrrole nitrogens is 1. The van der Waals surface area contributed by atoms with E-state index in [1.165, 1.54) is 13.2 Å². The number of rotatable bonds is 4. The first kappa shape index (κ1) is 19.3. The van der Waals surface area contributed by atoms with Gasteiger partial charge in [0.25, 0.3) is 0 Å². The van der Waals surface area contributed by atoms with Gasteiger partial charge in [0.05, 0.1) is 24.7 Å². The highest BCUT2D eigenvalue weighted by atomic mass is 19.4. The van der Waals surface area contributed by atoms with Crippen molar-refractivity contribution in [2.75, 3.05) is 20.3 Å². The van der Waals surface area contributed by atoms with Gasteiger partial charge in [-0.1, -0.05) is 0 Å². The second-order valence-corrected chi connectivity index (χ2v) is 6.73. The lowest BCUT2D eigenvalue weighted by Gasteiger charge is -2.19. The molecule has 2 aromatic heterocycles. The number of benzene rings is 1. The molecule has 0 saturated carbocycles. The summed E-state index contributed by atoms with van der Waals surface area (Å²) in [7, 11) is 1.54. The lowest BCUT2D eigenvalue weighted by atomic mass is 10.0. The van der Waals surface area contributed by atoms with Crippen molar-refractivity contribution in [2.24, 2.45) is 0 Å². The van der Waals surface area contributed by atoms with Gasteiger partial charge in [-0.2, -0.15) is 13.2 Å². The highest BCUT2D eigenvalue weighted by molar-refractivity contribution is 5.66. The number of hydrogen-bond acceptors (Lipinski definition) is 5. The SMILES string of the molecule is COc1cc(-c2ccc(C(F)(F)F)cn2)cc2c1OCCN(Cc1cnc[nH]1)C2.